The van der Waals surface area contributed by atoms with Crippen LogP contribution in [0.2, 0.25) is 0 Å². The minimum atomic E-state index is -0.158. The van der Waals surface area contributed by atoms with E-state index in [4.69, 9.17) is 4.74 Å². The molecule has 0 unspecified atom stereocenters. The normalized spacial score (nSPS) is 21.4. The highest BCUT2D eigenvalue weighted by Crippen LogP contribution is 2.33. The average Bonchev–Trinajstić information content (AvgIpc) is 3.22. The molecule has 1 fully saturated rings. The summed E-state index contributed by atoms with van der Waals surface area (Å²) in [5, 5.41) is 6.85. The van der Waals surface area contributed by atoms with Crippen LogP contribution in [0.1, 0.15) is 40.9 Å². The molecular weight excluding hydrogens is 322 g/mol. The van der Waals surface area contributed by atoms with Crippen molar-refractivity contribution in [2.45, 2.75) is 32.4 Å². The zero-order chi connectivity index (χ0) is 16.9. The second-order valence-electron chi connectivity index (χ2n) is 6.14. The van der Waals surface area contributed by atoms with E-state index in [9.17, 15) is 4.79 Å². The number of amides is 2. The molecule has 1 aliphatic heterocycles. The van der Waals surface area contributed by atoms with E-state index >= 15 is 0 Å². The number of urea groups is 1. The topological polar surface area (TPSA) is 63.2 Å². The molecule has 0 bridgehead atoms. The van der Waals surface area contributed by atoms with Crippen molar-refractivity contribution < 1.29 is 9.53 Å². The number of carbonyl (C=O) groups excluding carboxylic acids is 1. The van der Waals surface area contributed by atoms with Gasteiger partial charge in [-0.15, -0.1) is 11.3 Å². The Hall–Kier alpha value is -1.92. The molecule has 2 heterocycles. The summed E-state index contributed by atoms with van der Waals surface area (Å²) in [5.41, 5.74) is 1.17. The van der Waals surface area contributed by atoms with Gasteiger partial charge in [0.2, 0.25) is 0 Å². The minimum Gasteiger partial charge on any atom is -0.373 e. The number of aryl methyl sites for hydroxylation is 1. The molecular formula is C18H23N3O2S. The molecule has 0 saturated carbocycles. The first-order chi connectivity index (χ1) is 11.6. The van der Waals surface area contributed by atoms with Gasteiger partial charge in [0.25, 0.3) is 0 Å². The van der Waals surface area contributed by atoms with Crippen LogP contribution in [0, 0.1) is 12.8 Å². The van der Waals surface area contributed by atoms with Crippen LogP contribution >= 0.6 is 11.3 Å². The number of aromatic nitrogens is 1. The molecule has 6 heteroatoms. The summed E-state index contributed by atoms with van der Waals surface area (Å²) in [6, 6.07) is 9.95. The fourth-order valence-electron chi connectivity index (χ4n) is 2.96. The number of rotatable bonds is 5. The fraction of sp³-hybridized carbons (Fsp3) is 0.444. The first kappa shape index (κ1) is 16.9. The van der Waals surface area contributed by atoms with E-state index in [-0.39, 0.29) is 18.2 Å². The van der Waals surface area contributed by atoms with E-state index in [0.717, 1.165) is 22.9 Å². The first-order valence-corrected chi connectivity index (χ1v) is 9.08. The summed E-state index contributed by atoms with van der Waals surface area (Å²) >= 11 is 1.61. The van der Waals surface area contributed by atoms with Crippen LogP contribution < -0.4 is 10.6 Å². The minimum absolute atomic E-state index is 0.0607. The van der Waals surface area contributed by atoms with Crippen molar-refractivity contribution >= 4 is 17.4 Å². The third kappa shape index (κ3) is 4.13. The van der Waals surface area contributed by atoms with Crippen molar-refractivity contribution in [3.8, 4) is 0 Å². The molecule has 2 N–H and O–H groups in total. The van der Waals surface area contributed by atoms with E-state index < -0.39 is 0 Å². The number of hydrogen-bond donors (Lipinski definition) is 2. The summed E-state index contributed by atoms with van der Waals surface area (Å²) in [6.45, 7) is 5.30. The molecule has 1 aromatic carbocycles. The summed E-state index contributed by atoms with van der Waals surface area (Å²) in [5.74, 6) is 0.301. The summed E-state index contributed by atoms with van der Waals surface area (Å²) < 4.78 is 5.86. The molecule has 2 aromatic rings. The molecule has 24 heavy (non-hydrogen) atoms. The van der Waals surface area contributed by atoms with Gasteiger partial charge in [0.05, 0.1) is 12.1 Å². The molecule has 1 aromatic heterocycles. The van der Waals surface area contributed by atoms with Crippen molar-refractivity contribution in [2.24, 2.45) is 5.92 Å². The maximum Gasteiger partial charge on any atom is 0.315 e. The highest BCUT2D eigenvalue weighted by Gasteiger charge is 2.29. The molecule has 0 radical (unpaired) electrons. The average molecular weight is 345 g/mol. The molecule has 3 rings (SSSR count). The van der Waals surface area contributed by atoms with Gasteiger partial charge in [0, 0.05) is 30.1 Å². The Morgan fingerprint density at radius 1 is 1.42 bits per heavy atom. The van der Waals surface area contributed by atoms with Crippen LogP contribution in [0.15, 0.2) is 36.5 Å². The highest BCUT2D eigenvalue weighted by molar-refractivity contribution is 7.11. The summed E-state index contributed by atoms with van der Waals surface area (Å²) in [4.78, 5) is 17.6. The van der Waals surface area contributed by atoms with Crippen LogP contribution in [-0.2, 0) is 4.74 Å². The van der Waals surface area contributed by atoms with Gasteiger partial charge in [-0.2, -0.15) is 0 Å². The number of nitrogens with zero attached hydrogens (tertiary/aromatic N) is 1. The largest absolute Gasteiger partial charge is 0.373 e. The maximum absolute atomic E-state index is 12.1. The van der Waals surface area contributed by atoms with E-state index in [1.165, 1.54) is 5.56 Å². The van der Waals surface area contributed by atoms with Crippen LogP contribution in [0.25, 0.3) is 0 Å². The third-order valence-electron chi connectivity index (χ3n) is 4.22. The first-order valence-electron chi connectivity index (χ1n) is 8.26. The predicted octanol–water partition coefficient (Wildman–Crippen LogP) is 3.59. The van der Waals surface area contributed by atoms with Crippen molar-refractivity contribution in [3.05, 3.63) is 52.0 Å². The van der Waals surface area contributed by atoms with Gasteiger partial charge in [-0.05, 0) is 25.8 Å². The highest BCUT2D eigenvalue weighted by atomic mass is 32.1. The van der Waals surface area contributed by atoms with Gasteiger partial charge in [-0.3, -0.25) is 0 Å². The number of benzene rings is 1. The van der Waals surface area contributed by atoms with Gasteiger partial charge < -0.3 is 15.4 Å². The lowest BCUT2D eigenvalue weighted by molar-refractivity contribution is 0.0910. The van der Waals surface area contributed by atoms with Crippen molar-refractivity contribution in [1.29, 1.82) is 0 Å². The molecule has 5 nitrogen and oxygen atoms in total. The van der Waals surface area contributed by atoms with Crippen LogP contribution in [0.3, 0.4) is 0 Å². The molecule has 1 aliphatic rings. The Kier molecular flexibility index (Phi) is 5.48. The van der Waals surface area contributed by atoms with Crippen LogP contribution in [0.4, 0.5) is 4.79 Å². The van der Waals surface area contributed by atoms with E-state index in [0.29, 0.717) is 12.5 Å². The monoisotopic (exact) mass is 345 g/mol. The van der Waals surface area contributed by atoms with Crippen LogP contribution in [0.5, 0.6) is 0 Å². The molecule has 128 valence electrons. The van der Waals surface area contributed by atoms with Gasteiger partial charge in [-0.25, -0.2) is 9.78 Å². The Labute approximate surface area is 146 Å². The van der Waals surface area contributed by atoms with Gasteiger partial charge in [0.15, 0.2) is 0 Å². The Balaban J connectivity index is 1.50. The number of ether oxygens (including phenoxy) is 1. The van der Waals surface area contributed by atoms with Gasteiger partial charge in [-0.1, -0.05) is 30.3 Å². The number of nitrogens with one attached hydrogen (secondary N) is 2. The second-order valence-corrected chi connectivity index (χ2v) is 7.40. The molecule has 0 aliphatic carbocycles. The Morgan fingerprint density at radius 2 is 2.21 bits per heavy atom. The molecule has 3 atom stereocenters. The van der Waals surface area contributed by atoms with E-state index in [1.54, 1.807) is 11.3 Å². The standard InChI is InChI=1S/C18H23N3O2S/c1-12-10-19-17(24-12)13(2)21-18(22)20-11-15-8-9-23-16(15)14-6-4-3-5-7-14/h3-7,10,13,15-16H,8-9,11H2,1-2H3,(H2,20,21,22)/t13-,15+,16+/m0/s1. The molecule has 1 saturated heterocycles. The lowest BCUT2D eigenvalue weighted by Crippen LogP contribution is -2.39. The smallest absolute Gasteiger partial charge is 0.315 e. The van der Waals surface area contributed by atoms with Crippen molar-refractivity contribution in [1.82, 2.24) is 15.6 Å². The lowest BCUT2D eigenvalue weighted by atomic mass is 9.95. The van der Waals surface area contributed by atoms with Crippen molar-refractivity contribution in [2.75, 3.05) is 13.2 Å². The number of hydrogen-bond acceptors (Lipinski definition) is 4. The summed E-state index contributed by atoms with van der Waals surface area (Å²) in [6.07, 6.45) is 2.85. The Morgan fingerprint density at radius 3 is 2.92 bits per heavy atom. The van der Waals surface area contributed by atoms with E-state index in [2.05, 4.69) is 27.8 Å². The molecule has 2 amide bonds. The summed E-state index contributed by atoms with van der Waals surface area (Å²) in [7, 11) is 0. The zero-order valence-corrected chi connectivity index (χ0v) is 14.8. The predicted molar refractivity (Wildman–Crippen MR) is 95.0 cm³/mol. The van der Waals surface area contributed by atoms with E-state index in [1.807, 2.05) is 38.2 Å². The fourth-order valence-corrected chi connectivity index (χ4v) is 3.74. The SMILES string of the molecule is Cc1cnc([C@H](C)NC(=O)NC[C@H]2CCO[C@@H]2c2ccccc2)s1. The Bertz CT molecular complexity index is 674. The van der Waals surface area contributed by atoms with Crippen molar-refractivity contribution in [3.63, 3.8) is 0 Å². The van der Waals surface area contributed by atoms with Gasteiger partial charge >= 0.3 is 6.03 Å². The van der Waals surface area contributed by atoms with Crippen LogP contribution in [-0.4, -0.2) is 24.2 Å². The maximum atomic E-state index is 12.1. The van der Waals surface area contributed by atoms with Gasteiger partial charge in [0.1, 0.15) is 5.01 Å². The third-order valence-corrected chi connectivity index (χ3v) is 5.32. The second kappa shape index (κ2) is 7.77. The number of thiazole rings is 1. The number of carbonyl (C=O) groups is 1. The molecule has 0 spiro atoms. The quantitative estimate of drug-likeness (QED) is 0.870. The zero-order valence-electron chi connectivity index (χ0n) is 14.0. The lowest BCUT2D eigenvalue weighted by Gasteiger charge is -2.20.